The van der Waals surface area contributed by atoms with Crippen LogP contribution in [0.4, 0.5) is 4.79 Å². The number of carbonyl (C=O) groups excluding carboxylic acids is 2. The lowest BCUT2D eigenvalue weighted by Gasteiger charge is -2.20. The molecule has 4 rings (SSSR count). The predicted molar refractivity (Wildman–Crippen MR) is 128 cm³/mol. The molecule has 0 fully saturated rings. The van der Waals surface area contributed by atoms with E-state index in [1.807, 2.05) is 31.2 Å². The van der Waals surface area contributed by atoms with Gasteiger partial charge in [0.2, 0.25) is 5.91 Å². The van der Waals surface area contributed by atoms with Gasteiger partial charge in [0.25, 0.3) is 0 Å². The summed E-state index contributed by atoms with van der Waals surface area (Å²) >= 11 is 0. The fraction of sp³-hybridized carbons (Fsp3) is 0.370. The number of nitrogens with one attached hydrogen (secondary N) is 2. The molecule has 2 aromatic carbocycles. The minimum absolute atomic E-state index is 0.0255. The Hall–Kier alpha value is -3.61. The van der Waals surface area contributed by atoms with Gasteiger partial charge in [0.1, 0.15) is 6.61 Å². The van der Waals surface area contributed by atoms with Gasteiger partial charge in [0.05, 0.1) is 5.92 Å². The summed E-state index contributed by atoms with van der Waals surface area (Å²) in [7, 11) is 0. The monoisotopic (exact) mass is 462 g/mol. The van der Waals surface area contributed by atoms with Crippen LogP contribution in [0.5, 0.6) is 0 Å². The molecule has 3 N–H and O–H groups in total. The molecule has 0 saturated carbocycles. The van der Waals surface area contributed by atoms with Crippen molar-refractivity contribution in [1.82, 2.24) is 10.6 Å². The number of carboxylic acids is 1. The molecular formula is C27H30N2O5. The van der Waals surface area contributed by atoms with E-state index in [0.717, 1.165) is 17.5 Å². The van der Waals surface area contributed by atoms with Crippen molar-refractivity contribution in [3.63, 3.8) is 0 Å². The lowest BCUT2D eigenvalue weighted by molar-refractivity contribution is -0.140. The van der Waals surface area contributed by atoms with E-state index in [4.69, 9.17) is 9.84 Å². The second-order valence-electron chi connectivity index (χ2n) is 8.90. The molecule has 34 heavy (non-hydrogen) atoms. The highest BCUT2D eigenvalue weighted by molar-refractivity contribution is 5.80. The normalized spacial score (nSPS) is 19.2. The molecule has 7 nitrogen and oxygen atoms in total. The molecule has 178 valence electrons. The van der Waals surface area contributed by atoms with E-state index in [-0.39, 0.29) is 36.9 Å². The van der Waals surface area contributed by atoms with Gasteiger partial charge < -0.3 is 20.5 Å². The number of carboxylic acid groups (broad SMARTS) is 1. The number of hydrogen-bond acceptors (Lipinski definition) is 4. The van der Waals surface area contributed by atoms with Gasteiger partial charge in [-0.05, 0) is 35.1 Å². The lowest BCUT2D eigenvalue weighted by Crippen LogP contribution is -2.41. The van der Waals surface area contributed by atoms with Gasteiger partial charge >= 0.3 is 12.1 Å². The fourth-order valence-corrected chi connectivity index (χ4v) is 4.86. The van der Waals surface area contributed by atoms with E-state index < -0.39 is 18.0 Å². The Morgan fingerprint density at radius 1 is 1.03 bits per heavy atom. The third kappa shape index (κ3) is 5.30. The molecule has 0 spiro atoms. The molecule has 0 aromatic heterocycles. The molecule has 2 aliphatic carbocycles. The zero-order chi connectivity index (χ0) is 24.1. The number of alkyl carbamates (subject to hydrolysis) is 1. The van der Waals surface area contributed by atoms with Crippen LogP contribution in [0.2, 0.25) is 0 Å². The molecule has 0 saturated heterocycles. The average Bonchev–Trinajstić information content (AvgIpc) is 3.41. The number of aliphatic carboxylic acids is 1. The highest BCUT2D eigenvalue weighted by Crippen LogP contribution is 2.44. The van der Waals surface area contributed by atoms with Crippen molar-refractivity contribution in [1.29, 1.82) is 0 Å². The Morgan fingerprint density at radius 3 is 2.26 bits per heavy atom. The van der Waals surface area contributed by atoms with E-state index >= 15 is 0 Å². The maximum absolute atomic E-state index is 12.6. The number of ether oxygens (including phenoxy) is 1. The summed E-state index contributed by atoms with van der Waals surface area (Å²) < 4.78 is 5.61. The molecule has 2 aromatic rings. The second kappa shape index (κ2) is 10.5. The van der Waals surface area contributed by atoms with Crippen LogP contribution in [0.15, 0.2) is 60.7 Å². The Balaban J connectivity index is 1.31. The van der Waals surface area contributed by atoms with Crippen LogP contribution >= 0.6 is 0 Å². The van der Waals surface area contributed by atoms with Gasteiger partial charge in [-0.1, -0.05) is 74.0 Å². The number of hydrogen-bond donors (Lipinski definition) is 3. The first-order valence-electron chi connectivity index (χ1n) is 11.8. The van der Waals surface area contributed by atoms with Gasteiger partial charge in [-0.2, -0.15) is 0 Å². The lowest BCUT2D eigenvalue weighted by atomic mass is 9.98. The topological polar surface area (TPSA) is 105 Å². The third-order valence-electron chi connectivity index (χ3n) is 6.48. The van der Waals surface area contributed by atoms with Crippen LogP contribution in [0.25, 0.3) is 11.1 Å². The summed E-state index contributed by atoms with van der Waals surface area (Å²) in [5, 5.41) is 14.8. The van der Waals surface area contributed by atoms with Gasteiger partial charge in [0.15, 0.2) is 0 Å². The number of amides is 2. The number of fused-ring (bicyclic) bond motifs is 3. The Labute approximate surface area is 199 Å². The molecule has 3 atom stereocenters. The standard InChI is InChI=1S/C27H30N2O5/c1-2-7-18(15-25(30)28-19-13-12-17(14-19)26(31)32)29-27(33)34-16-24-22-10-5-3-8-20(22)21-9-4-6-11-23(21)24/h3-6,8-13,17-19,24H,2,7,14-16H2,1H3,(H,28,30)(H,29,33)(H,31,32). The summed E-state index contributed by atoms with van der Waals surface area (Å²) in [5.41, 5.74) is 4.62. The molecule has 0 heterocycles. The minimum atomic E-state index is -0.895. The summed E-state index contributed by atoms with van der Waals surface area (Å²) in [6.45, 7) is 2.20. The van der Waals surface area contributed by atoms with Crippen molar-refractivity contribution in [3.05, 3.63) is 71.8 Å². The molecule has 0 radical (unpaired) electrons. The first kappa shape index (κ1) is 23.5. The average molecular weight is 463 g/mol. The van der Waals surface area contributed by atoms with Crippen LogP contribution in [0.1, 0.15) is 49.7 Å². The molecule has 0 bridgehead atoms. The molecule has 2 amide bonds. The van der Waals surface area contributed by atoms with Crippen LogP contribution in [0, 0.1) is 5.92 Å². The van der Waals surface area contributed by atoms with Crippen molar-refractivity contribution < 1.29 is 24.2 Å². The van der Waals surface area contributed by atoms with E-state index in [1.54, 1.807) is 12.2 Å². The van der Waals surface area contributed by atoms with Crippen LogP contribution in [-0.2, 0) is 14.3 Å². The molecule has 2 aliphatic rings. The molecular weight excluding hydrogens is 432 g/mol. The largest absolute Gasteiger partial charge is 0.481 e. The van der Waals surface area contributed by atoms with Gasteiger partial charge in [-0.25, -0.2) is 4.79 Å². The quantitative estimate of drug-likeness (QED) is 0.484. The Morgan fingerprint density at radius 2 is 1.68 bits per heavy atom. The summed E-state index contributed by atoms with van der Waals surface area (Å²) in [5.74, 6) is -1.72. The minimum Gasteiger partial charge on any atom is -0.481 e. The van der Waals surface area contributed by atoms with Crippen molar-refractivity contribution in [2.45, 2.75) is 50.6 Å². The summed E-state index contributed by atoms with van der Waals surface area (Å²) in [4.78, 5) is 36.2. The Bertz CT molecular complexity index is 1050. The summed E-state index contributed by atoms with van der Waals surface area (Å²) in [6, 6.07) is 15.6. The highest BCUT2D eigenvalue weighted by atomic mass is 16.5. The fourth-order valence-electron chi connectivity index (χ4n) is 4.86. The highest BCUT2D eigenvalue weighted by Gasteiger charge is 2.30. The van der Waals surface area contributed by atoms with Crippen molar-refractivity contribution in [2.75, 3.05) is 6.61 Å². The maximum Gasteiger partial charge on any atom is 0.407 e. The number of benzene rings is 2. The van der Waals surface area contributed by atoms with E-state index in [0.29, 0.717) is 12.8 Å². The Kier molecular flexibility index (Phi) is 7.30. The van der Waals surface area contributed by atoms with E-state index in [2.05, 4.69) is 34.9 Å². The maximum atomic E-state index is 12.6. The zero-order valence-electron chi connectivity index (χ0n) is 19.2. The molecule has 7 heteroatoms. The van der Waals surface area contributed by atoms with Gasteiger partial charge in [-0.15, -0.1) is 0 Å². The van der Waals surface area contributed by atoms with Crippen molar-refractivity contribution >= 4 is 18.0 Å². The second-order valence-corrected chi connectivity index (χ2v) is 8.90. The molecule has 3 unspecified atom stereocenters. The third-order valence-corrected chi connectivity index (χ3v) is 6.48. The van der Waals surface area contributed by atoms with Crippen molar-refractivity contribution in [3.8, 4) is 11.1 Å². The summed E-state index contributed by atoms with van der Waals surface area (Å²) in [6.07, 6.45) is 4.66. The smallest absolute Gasteiger partial charge is 0.407 e. The van der Waals surface area contributed by atoms with E-state index in [1.165, 1.54) is 11.1 Å². The number of rotatable bonds is 9. The first-order chi connectivity index (χ1) is 16.5. The first-order valence-corrected chi connectivity index (χ1v) is 11.8. The number of carbonyl (C=O) groups is 3. The zero-order valence-corrected chi connectivity index (χ0v) is 19.2. The van der Waals surface area contributed by atoms with Crippen molar-refractivity contribution in [2.24, 2.45) is 5.92 Å². The molecule has 0 aliphatic heterocycles. The SMILES string of the molecule is CCCC(CC(=O)NC1C=CC(C(=O)O)C1)NC(=O)OCC1c2ccccc2-c2ccccc21. The van der Waals surface area contributed by atoms with Gasteiger partial charge in [-0.3, -0.25) is 9.59 Å². The van der Waals surface area contributed by atoms with Crippen LogP contribution in [0.3, 0.4) is 0 Å². The van der Waals surface area contributed by atoms with E-state index in [9.17, 15) is 14.4 Å². The predicted octanol–water partition coefficient (Wildman–Crippen LogP) is 4.23. The van der Waals surface area contributed by atoms with Crippen LogP contribution < -0.4 is 10.6 Å². The van der Waals surface area contributed by atoms with Gasteiger partial charge in [0, 0.05) is 24.4 Å². The van der Waals surface area contributed by atoms with Crippen LogP contribution in [-0.4, -0.2) is 41.8 Å².